The van der Waals surface area contributed by atoms with Gasteiger partial charge in [0.05, 0.1) is 13.1 Å². The molecule has 5 rings (SSSR count). The summed E-state index contributed by atoms with van der Waals surface area (Å²) >= 11 is 1.18. The highest BCUT2D eigenvalue weighted by Gasteiger charge is 2.29. The first-order chi connectivity index (χ1) is 22.9. The number of hydrogen-bond donors (Lipinski definition) is 2. The first-order valence-electron chi connectivity index (χ1n) is 15.7. The molecule has 1 aliphatic rings. The van der Waals surface area contributed by atoms with E-state index in [1.807, 2.05) is 47.6 Å². The quantitative estimate of drug-likeness (QED) is 0.113. The number of phenols is 1. The fraction of sp³-hybridized carbons (Fsp3) is 0.297. The van der Waals surface area contributed by atoms with Crippen LogP contribution in [0.2, 0.25) is 0 Å². The van der Waals surface area contributed by atoms with E-state index >= 15 is 0 Å². The normalized spacial score (nSPS) is 13.9. The molecule has 252 valence electrons. The number of carbonyl (C=O) groups excluding carboxylic acids is 1. The second kappa shape index (κ2) is 16.0. The molecule has 48 heavy (non-hydrogen) atoms. The van der Waals surface area contributed by atoms with Gasteiger partial charge in [0, 0.05) is 28.1 Å². The minimum atomic E-state index is -4.39. The standard InChI is InChI=1S/C37H37F3N2O4S2/c1-25-7-16-32(17-8-25)48-41(22-26-11-18-31(19-12-26)47-37(38,39)40)24-35(44)42(30-15-20-33(36(45)46)34(43)21-30)23-27-9-13-29(14-10-27)28-5-3-2-4-6-28/h7-21,28,43H,2-6,22-24H2,1H3,(H,45,46). The van der Waals surface area contributed by atoms with Gasteiger partial charge in [-0.25, -0.2) is 9.10 Å². The molecule has 0 unspecified atom stereocenters. The molecule has 0 radical (unpaired) electrons. The van der Waals surface area contributed by atoms with Gasteiger partial charge >= 0.3 is 11.5 Å². The van der Waals surface area contributed by atoms with E-state index in [1.54, 1.807) is 12.1 Å². The van der Waals surface area contributed by atoms with Crippen molar-refractivity contribution in [1.82, 2.24) is 4.31 Å². The van der Waals surface area contributed by atoms with Gasteiger partial charge in [0.1, 0.15) is 11.3 Å². The highest BCUT2D eigenvalue weighted by Crippen LogP contribution is 2.37. The van der Waals surface area contributed by atoms with Crippen molar-refractivity contribution in [2.24, 2.45) is 0 Å². The topological polar surface area (TPSA) is 81.1 Å². The molecule has 0 saturated heterocycles. The Morgan fingerprint density at radius 1 is 0.812 bits per heavy atom. The van der Waals surface area contributed by atoms with Crippen LogP contribution in [0.1, 0.15) is 70.6 Å². The Hall–Kier alpha value is -3.93. The average molecular weight is 695 g/mol. The fourth-order valence-corrected chi connectivity index (χ4v) is 7.29. The number of amides is 1. The van der Waals surface area contributed by atoms with Crippen LogP contribution < -0.4 is 4.90 Å². The fourth-order valence-electron chi connectivity index (χ4n) is 5.81. The van der Waals surface area contributed by atoms with Crippen molar-refractivity contribution in [3.8, 4) is 5.75 Å². The maximum atomic E-state index is 14.2. The molecule has 0 aromatic heterocycles. The molecule has 1 fully saturated rings. The number of aromatic hydroxyl groups is 1. The molecular weight excluding hydrogens is 658 g/mol. The van der Waals surface area contributed by atoms with Gasteiger partial charge < -0.3 is 15.1 Å². The van der Waals surface area contributed by atoms with Gasteiger partial charge in [-0.15, -0.1) is 0 Å². The number of benzene rings is 4. The number of halogens is 3. The lowest BCUT2D eigenvalue weighted by atomic mass is 9.84. The van der Waals surface area contributed by atoms with Crippen LogP contribution in [0.15, 0.2) is 101 Å². The summed E-state index contributed by atoms with van der Waals surface area (Å²) in [5.41, 5.74) is -0.371. The molecule has 6 nitrogen and oxygen atoms in total. The molecule has 1 amide bonds. The van der Waals surface area contributed by atoms with E-state index in [0.717, 1.165) is 34.4 Å². The number of alkyl halides is 3. The lowest BCUT2D eigenvalue weighted by Crippen LogP contribution is -2.37. The van der Waals surface area contributed by atoms with Gasteiger partial charge in [-0.05, 0) is 102 Å². The molecule has 2 N–H and O–H groups in total. The third-order valence-electron chi connectivity index (χ3n) is 8.30. The minimum Gasteiger partial charge on any atom is -0.507 e. The number of rotatable bonds is 12. The molecule has 4 aromatic rings. The summed E-state index contributed by atoms with van der Waals surface area (Å²) in [6.07, 6.45) is 6.03. The first-order valence-corrected chi connectivity index (χ1v) is 17.3. The third kappa shape index (κ3) is 10.0. The van der Waals surface area contributed by atoms with Gasteiger partial charge in [0.2, 0.25) is 5.91 Å². The zero-order valence-electron chi connectivity index (χ0n) is 26.5. The number of anilines is 1. The van der Waals surface area contributed by atoms with Crippen molar-refractivity contribution < 1.29 is 33.0 Å². The van der Waals surface area contributed by atoms with E-state index in [4.69, 9.17) is 0 Å². The molecule has 0 heterocycles. The summed E-state index contributed by atoms with van der Waals surface area (Å²) < 4.78 is 40.5. The molecule has 11 heteroatoms. The van der Waals surface area contributed by atoms with Crippen molar-refractivity contribution in [2.75, 3.05) is 11.4 Å². The number of carboxylic acid groups (broad SMARTS) is 1. The number of nitrogens with zero attached hydrogens (tertiary/aromatic N) is 2. The third-order valence-corrected chi connectivity index (χ3v) is 10.0. The Bertz CT molecular complexity index is 1690. The summed E-state index contributed by atoms with van der Waals surface area (Å²) in [5.74, 6) is -1.51. The van der Waals surface area contributed by atoms with Crippen molar-refractivity contribution >= 4 is 41.3 Å². The Morgan fingerprint density at radius 2 is 1.42 bits per heavy atom. The highest BCUT2D eigenvalue weighted by atomic mass is 32.2. The number of carbonyl (C=O) groups is 2. The van der Waals surface area contributed by atoms with E-state index < -0.39 is 17.2 Å². The Labute approximate surface area is 287 Å². The Morgan fingerprint density at radius 3 is 2.02 bits per heavy atom. The minimum absolute atomic E-state index is 0.0744. The highest BCUT2D eigenvalue weighted by molar-refractivity contribution is 8.00. The van der Waals surface area contributed by atoms with Crippen molar-refractivity contribution in [3.63, 3.8) is 0 Å². The van der Waals surface area contributed by atoms with E-state index in [-0.39, 0.29) is 47.8 Å². The second-order valence-electron chi connectivity index (χ2n) is 12.0. The molecule has 1 saturated carbocycles. The van der Waals surface area contributed by atoms with Gasteiger partial charge in [0.25, 0.3) is 0 Å². The summed E-state index contributed by atoms with van der Waals surface area (Å²) in [5, 5.41) is 20.0. The summed E-state index contributed by atoms with van der Waals surface area (Å²) in [7, 11) is 0. The zero-order chi connectivity index (χ0) is 34.3. The number of thioether (sulfide) groups is 1. The lowest BCUT2D eigenvalue weighted by molar-refractivity contribution is -0.118. The SMILES string of the molecule is Cc1ccc(SN(CC(=O)N(Cc2ccc(C3CCCCC3)cc2)c2ccc(C(=O)O)c(O)c2)Cc2ccc(SC(F)(F)F)cc2)cc1. The maximum Gasteiger partial charge on any atom is 0.446 e. The van der Waals surface area contributed by atoms with E-state index in [9.17, 15) is 33.0 Å². The Balaban J connectivity index is 1.41. The van der Waals surface area contributed by atoms with E-state index in [2.05, 4.69) is 12.1 Å². The van der Waals surface area contributed by atoms with E-state index in [1.165, 1.54) is 72.0 Å². The van der Waals surface area contributed by atoms with Crippen LogP contribution >= 0.6 is 23.7 Å². The average Bonchev–Trinajstić information content (AvgIpc) is 3.05. The van der Waals surface area contributed by atoms with E-state index in [0.29, 0.717) is 11.6 Å². The predicted octanol–water partition coefficient (Wildman–Crippen LogP) is 9.80. The predicted molar refractivity (Wildman–Crippen MR) is 184 cm³/mol. The van der Waals surface area contributed by atoms with Crippen molar-refractivity contribution in [3.05, 3.63) is 119 Å². The molecule has 1 aliphatic carbocycles. The number of carboxylic acids is 1. The van der Waals surface area contributed by atoms with Gasteiger partial charge in [0.15, 0.2) is 0 Å². The van der Waals surface area contributed by atoms with Crippen LogP contribution in [0.4, 0.5) is 18.9 Å². The molecule has 0 bridgehead atoms. The number of aromatic carboxylic acids is 1. The molecule has 4 aromatic carbocycles. The largest absolute Gasteiger partial charge is 0.507 e. The maximum absolute atomic E-state index is 14.2. The second-order valence-corrected chi connectivity index (χ2v) is 14.3. The molecular formula is C37H37F3N2O4S2. The Kier molecular flexibility index (Phi) is 11.8. The molecule has 0 aliphatic heterocycles. The zero-order valence-corrected chi connectivity index (χ0v) is 28.1. The number of aryl methyl sites for hydroxylation is 1. The van der Waals surface area contributed by atoms with Gasteiger partial charge in [-0.2, -0.15) is 13.2 Å². The monoisotopic (exact) mass is 694 g/mol. The van der Waals surface area contributed by atoms with Crippen molar-refractivity contribution in [2.45, 2.75) is 73.3 Å². The summed E-state index contributed by atoms with van der Waals surface area (Å²) in [6.45, 7) is 2.33. The van der Waals surface area contributed by atoms with Crippen LogP contribution in [0, 0.1) is 6.92 Å². The van der Waals surface area contributed by atoms with Crippen LogP contribution in [0.3, 0.4) is 0 Å². The summed E-state index contributed by atoms with van der Waals surface area (Å²) in [4.78, 5) is 28.3. The number of hydrogen-bond acceptors (Lipinski definition) is 6. The van der Waals surface area contributed by atoms with Crippen LogP contribution in [0.25, 0.3) is 0 Å². The lowest BCUT2D eigenvalue weighted by Gasteiger charge is -2.28. The van der Waals surface area contributed by atoms with Crippen LogP contribution in [-0.4, -0.2) is 38.4 Å². The molecule has 0 spiro atoms. The smallest absolute Gasteiger partial charge is 0.446 e. The first kappa shape index (κ1) is 35.4. The van der Waals surface area contributed by atoms with Gasteiger partial charge in [-0.1, -0.05) is 73.4 Å². The van der Waals surface area contributed by atoms with Crippen LogP contribution in [0.5, 0.6) is 5.75 Å². The summed E-state index contributed by atoms with van der Waals surface area (Å²) in [6, 6.07) is 26.2. The van der Waals surface area contributed by atoms with Gasteiger partial charge in [-0.3, -0.25) is 4.79 Å². The van der Waals surface area contributed by atoms with Crippen molar-refractivity contribution in [1.29, 1.82) is 0 Å². The van der Waals surface area contributed by atoms with Crippen LogP contribution in [-0.2, 0) is 17.9 Å². The molecule has 0 atom stereocenters.